The number of aromatic amines is 1. The van der Waals surface area contributed by atoms with E-state index >= 15 is 0 Å². The highest BCUT2D eigenvalue weighted by Crippen LogP contribution is 2.24. The molecule has 0 unspecified atom stereocenters. The summed E-state index contributed by atoms with van der Waals surface area (Å²) in [6.45, 7) is 0.412. The molecule has 0 atom stereocenters. The molecule has 6 nitrogen and oxygen atoms in total. The Hall–Kier alpha value is -1.92. The zero-order valence-corrected chi connectivity index (χ0v) is 11.1. The van der Waals surface area contributed by atoms with E-state index in [1.807, 2.05) is 0 Å². The molecule has 3 heterocycles. The van der Waals surface area contributed by atoms with Gasteiger partial charge in [-0.05, 0) is 0 Å². The fraction of sp³-hybridized carbons (Fsp3) is 0.0909. The highest BCUT2D eigenvalue weighted by atomic mass is 35.5. The molecule has 3 aromatic heterocycles. The van der Waals surface area contributed by atoms with Gasteiger partial charge in [-0.25, -0.2) is 9.97 Å². The smallest absolute Gasteiger partial charge is 0.173 e. The Bertz CT molecular complexity index is 786. The lowest BCUT2D eigenvalue weighted by atomic mass is 10.2. The first kappa shape index (κ1) is 12.1. The van der Waals surface area contributed by atoms with Crippen molar-refractivity contribution in [1.29, 1.82) is 5.41 Å². The number of H-pyrrole nitrogens is 1. The number of nitrogens with zero attached hydrogens (tertiary/aromatic N) is 4. The molecule has 0 bridgehead atoms. The molecule has 96 valence electrons. The summed E-state index contributed by atoms with van der Waals surface area (Å²) >= 11 is 12.2. The lowest BCUT2D eigenvalue weighted by Gasteiger charge is -2.09. The van der Waals surface area contributed by atoms with Gasteiger partial charge in [-0.15, -0.1) is 0 Å². The van der Waals surface area contributed by atoms with Gasteiger partial charge < -0.3 is 9.55 Å². The Labute approximate surface area is 117 Å². The van der Waals surface area contributed by atoms with Crippen LogP contribution in [-0.4, -0.2) is 24.5 Å². The monoisotopic (exact) mass is 294 g/mol. The molecule has 0 aliphatic rings. The van der Waals surface area contributed by atoms with E-state index in [9.17, 15) is 0 Å². The second kappa shape index (κ2) is 4.64. The van der Waals surface area contributed by atoms with Crippen LogP contribution in [0.3, 0.4) is 0 Å². The van der Waals surface area contributed by atoms with Gasteiger partial charge in [0.05, 0.1) is 29.2 Å². The normalized spacial score (nSPS) is 11.1. The zero-order valence-electron chi connectivity index (χ0n) is 9.56. The number of hydrogen-bond donors (Lipinski definition) is 2. The first-order valence-electron chi connectivity index (χ1n) is 5.38. The van der Waals surface area contributed by atoms with Crippen LogP contribution in [0, 0.1) is 5.41 Å². The SMILES string of the molecule is N=c1ncn(Cc2c(Cl)cncc2Cl)c2nc[nH]c12. The molecule has 2 N–H and O–H groups in total. The van der Waals surface area contributed by atoms with E-state index < -0.39 is 0 Å². The Morgan fingerprint density at radius 2 is 1.95 bits per heavy atom. The maximum Gasteiger partial charge on any atom is 0.173 e. The molecule has 0 spiro atoms. The van der Waals surface area contributed by atoms with Gasteiger partial charge in [0.2, 0.25) is 0 Å². The van der Waals surface area contributed by atoms with Crippen molar-refractivity contribution in [2.75, 3.05) is 0 Å². The van der Waals surface area contributed by atoms with Gasteiger partial charge in [0, 0.05) is 18.0 Å². The van der Waals surface area contributed by atoms with Crippen molar-refractivity contribution in [3.63, 3.8) is 0 Å². The first-order valence-corrected chi connectivity index (χ1v) is 6.13. The van der Waals surface area contributed by atoms with Crippen LogP contribution in [0.1, 0.15) is 5.56 Å². The zero-order chi connectivity index (χ0) is 13.4. The van der Waals surface area contributed by atoms with Crippen LogP contribution in [-0.2, 0) is 6.54 Å². The summed E-state index contributed by atoms with van der Waals surface area (Å²) in [5.41, 5.74) is 2.09. The Morgan fingerprint density at radius 1 is 1.21 bits per heavy atom. The average molecular weight is 295 g/mol. The van der Waals surface area contributed by atoms with Crippen molar-refractivity contribution in [3.05, 3.63) is 46.1 Å². The first-order chi connectivity index (χ1) is 9.16. The molecule has 0 fully saturated rings. The molecule has 0 aliphatic heterocycles. The number of rotatable bonds is 2. The topological polar surface area (TPSA) is 83.2 Å². The molecular weight excluding hydrogens is 287 g/mol. The maximum absolute atomic E-state index is 7.68. The Kier molecular flexibility index (Phi) is 2.96. The lowest BCUT2D eigenvalue weighted by molar-refractivity contribution is 0.782. The molecule has 0 aromatic carbocycles. The second-order valence-electron chi connectivity index (χ2n) is 3.90. The van der Waals surface area contributed by atoms with Gasteiger partial charge in [-0.1, -0.05) is 23.2 Å². The highest BCUT2D eigenvalue weighted by molar-refractivity contribution is 6.35. The molecule has 19 heavy (non-hydrogen) atoms. The molecule has 0 amide bonds. The summed E-state index contributed by atoms with van der Waals surface area (Å²) in [6, 6.07) is 0. The number of pyridine rings is 1. The predicted molar refractivity (Wildman–Crippen MR) is 71.1 cm³/mol. The third kappa shape index (κ3) is 2.09. The molecule has 3 rings (SSSR count). The minimum Gasteiger partial charge on any atom is -0.340 e. The summed E-state index contributed by atoms with van der Waals surface area (Å²) in [5.74, 6) is 0. The van der Waals surface area contributed by atoms with Crippen molar-refractivity contribution < 1.29 is 0 Å². The summed E-state index contributed by atoms with van der Waals surface area (Å²) in [5, 5.41) is 8.65. The molecule has 0 saturated carbocycles. The number of hydrogen-bond acceptors (Lipinski definition) is 4. The number of aromatic nitrogens is 5. The third-order valence-corrected chi connectivity index (χ3v) is 3.39. The van der Waals surface area contributed by atoms with E-state index in [0.717, 1.165) is 5.56 Å². The van der Waals surface area contributed by atoms with Crippen molar-refractivity contribution in [3.8, 4) is 0 Å². The Balaban J connectivity index is 2.14. The van der Waals surface area contributed by atoms with E-state index in [2.05, 4.69) is 19.9 Å². The van der Waals surface area contributed by atoms with Crippen LogP contribution in [0.15, 0.2) is 25.0 Å². The second-order valence-corrected chi connectivity index (χ2v) is 4.72. The number of halogens is 2. The molecule has 0 radical (unpaired) electrons. The molecule has 0 saturated heterocycles. The predicted octanol–water partition coefficient (Wildman–Crippen LogP) is 1.99. The van der Waals surface area contributed by atoms with Crippen molar-refractivity contribution in [2.24, 2.45) is 0 Å². The van der Waals surface area contributed by atoms with Crippen LogP contribution in [0.5, 0.6) is 0 Å². The highest BCUT2D eigenvalue weighted by Gasteiger charge is 2.10. The van der Waals surface area contributed by atoms with E-state index in [0.29, 0.717) is 27.8 Å². The number of fused-ring (bicyclic) bond motifs is 1. The molecule has 0 aliphatic carbocycles. The van der Waals surface area contributed by atoms with E-state index in [-0.39, 0.29) is 5.49 Å². The molecular formula is C11H8Cl2N6. The minimum atomic E-state index is 0.149. The fourth-order valence-electron chi connectivity index (χ4n) is 1.80. The average Bonchev–Trinajstić information content (AvgIpc) is 2.87. The van der Waals surface area contributed by atoms with Crippen LogP contribution < -0.4 is 5.49 Å². The summed E-state index contributed by atoms with van der Waals surface area (Å²) in [7, 11) is 0. The van der Waals surface area contributed by atoms with Gasteiger partial charge in [0.1, 0.15) is 5.52 Å². The molecule has 3 aromatic rings. The van der Waals surface area contributed by atoms with Gasteiger partial charge in [0.25, 0.3) is 0 Å². The number of imidazole rings is 1. The van der Waals surface area contributed by atoms with E-state index in [4.69, 9.17) is 28.6 Å². The number of nitrogens with one attached hydrogen (secondary N) is 2. The van der Waals surface area contributed by atoms with Gasteiger partial charge in [0.15, 0.2) is 11.1 Å². The van der Waals surface area contributed by atoms with Crippen molar-refractivity contribution in [1.82, 2.24) is 24.5 Å². The van der Waals surface area contributed by atoms with Crippen LogP contribution in [0.4, 0.5) is 0 Å². The van der Waals surface area contributed by atoms with E-state index in [1.165, 1.54) is 18.7 Å². The van der Waals surface area contributed by atoms with Crippen LogP contribution in [0.25, 0.3) is 11.2 Å². The van der Waals surface area contributed by atoms with Gasteiger partial charge >= 0.3 is 0 Å². The van der Waals surface area contributed by atoms with Crippen LogP contribution in [0.2, 0.25) is 10.0 Å². The lowest BCUT2D eigenvalue weighted by Crippen LogP contribution is -2.13. The van der Waals surface area contributed by atoms with Crippen molar-refractivity contribution in [2.45, 2.75) is 6.54 Å². The quantitative estimate of drug-likeness (QED) is 0.758. The van der Waals surface area contributed by atoms with Gasteiger partial charge in [-0.3, -0.25) is 10.4 Å². The summed E-state index contributed by atoms with van der Waals surface area (Å²) in [6.07, 6.45) is 6.14. The van der Waals surface area contributed by atoms with Gasteiger partial charge in [-0.2, -0.15) is 0 Å². The van der Waals surface area contributed by atoms with E-state index in [1.54, 1.807) is 10.9 Å². The minimum absolute atomic E-state index is 0.149. The summed E-state index contributed by atoms with van der Waals surface area (Å²) < 4.78 is 1.77. The summed E-state index contributed by atoms with van der Waals surface area (Å²) in [4.78, 5) is 15.0. The Morgan fingerprint density at radius 3 is 2.68 bits per heavy atom. The van der Waals surface area contributed by atoms with Crippen LogP contribution >= 0.6 is 23.2 Å². The largest absolute Gasteiger partial charge is 0.340 e. The third-order valence-electron chi connectivity index (χ3n) is 2.74. The molecule has 8 heteroatoms. The standard InChI is InChI=1S/C11H8Cl2N6/c12-7-1-15-2-8(13)6(7)3-19-5-18-10(14)9-11(19)17-4-16-9/h1-2,4-5,14H,3H2,(H,16,17). The maximum atomic E-state index is 7.68. The fourth-order valence-corrected chi connectivity index (χ4v) is 2.29. The van der Waals surface area contributed by atoms with Crippen molar-refractivity contribution >= 4 is 34.4 Å².